The minimum Gasteiger partial charge on any atom is -0.338 e. The Morgan fingerprint density at radius 2 is 1.79 bits per heavy atom. The normalized spacial score (nSPS) is 25.4. The predicted molar refractivity (Wildman–Crippen MR) is 68.8 cm³/mol. The summed E-state index contributed by atoms with van der Waals surface area (Å²) < 4.78 is 0. The van der Waals surface area contributed by atoms with Crippen molar-refractivity contribution >= 4 is 11.6 Å². The number of carbonyl (C=O) groups is 1. The van der Waals surface area contributed by atoms with Crippen molar-refractivity contribution in [3.05, 3.63) is 39.9 Å². The van der Waals surface area contributed by atoms with Gasteiger partial charge in [-0.05, 0) is 24.0 Å². The molecule has 2 fully saturated rings. The number of non-ortho nitro benzene ring substituents is 1. The van der Waals surface area contributed by atoms with Gasteiger partial charge in [0.25, 0.3) is 11.6 Å². The first-order valence-electron chi connectivity index (χ1n) is 6.39. The van der Waals surface area contributed by atoms with Crippen molar-refractivity contribution < 1.29 is 9.72 Å². The van der Waals surface area contributed by atoms with Crippen LogP contribution in [0.2, 0.25) is 0 Å². The molecule has 100 valence electrons. The van der Waals surface area contributed by atoms with Gasteiger partial charge < -0.3 is 10.2 Å². The molecule has 2 heterocycles. The first kappa shape index (κ1) is 12.1. The highest BCUT2D eigenvalue weighted by atomic mass is 16.6. The topological polar surface area (TPSA) is 75.5 Å². The number of nitrogens with zero attached hydrogens (tertiary/aromatic N) is 2. The van der Waals surface area contributed by atoms with E-state index in [2.05, 4.69) is 5.32 Å². The van der Waals surface area contributed by atoms with Crippen LogP contribution in [-0.4, -0.2) is 41.9 Å². The standard InChI is InChI=1S/C13H15N3O3/c17-13(9-1-3-12(4-2-9)16(18)19)15-7-10-5-14-6-11(10)8-15/h1-4,10-11,14H,5-8H2/t10-,11+. The number of nitrogens with one attached hydrogen (secondary N) is 1. The highest BCUT2D eigenvalue weighted by Gasteiger charge is 2.38. The Bertz CT molecular complexity index is 502. The number of rotatable bonds is 2. The van der Waals surface area contributed by atoms with Gasteiger partial charge in [-0.3, -0.25) is 14.9 Å². The van der Waals surface area contributed by atoms with Crippen molar-refractivity contribution in [1.29, 1.82) is 0 Å². The third-order valence-corrected chi connectivity index (χ3v) is 4.00. The van der Waals surface area contributed by atoms with Gasteiger partial charge in [0, 0.05) is 43.9 Å². The highest BCUT2D eigenvalue weighted by Crippen LogP contribution is 2.27. The van der Waals surface area contributed by atoms with Crippen LogP contribution in [0.4, 0.5) is 5.69 Å². The first-order valence-corrected chi connectivity index (χ1v) is 6.39. The lowest BCUT2D eigenvalue weighted by Gasteiger charge is -2.17. The van der Waals surface area contributed by atoms with Crippen LogP contribution in [-0.2, 0) is 0 Å². The summed E-state index contributed by atoms with van der Waals surface area (Å²) in [4.78, 5) is 24.3. The molecule has 2 aliphatic heterocycles. The number of fused-ring (bicyclic) bond motifs is 1. The Kier molecular flexibility index (Phi) is 2.94. The second-order valence-electron chi connectivity index (χ2n) is 5.19. The number of carbonyl (C=O) groups excluding carboxylic acids is 1. The summed E-state index contributed by atoms with van der Waals surface area (Å²) >= 11 is 0. The van der Waals surface area contributed by atoms with Gasteiger partial charge in [0.1, 0.15) is 0 Å². The lowest BCUT2D eigenvalue weighted by atomic mass is 10.0. The summed E-state index contributed by atoms with van der Waals surface area (Å²) in [6, 6.07) is 5.83. The fourth-order valence-electron chi connectivity index (χ4n) is 2.93. The molecule has 0 bridgehead atoms. The van der Waals surface area contributed by atoms with Gasteiger partial charge in [-0.25, -0.2) is 0 Å². The van der Waals surface area contributed by atoms with Crippen LogP contribution in [0.1, 0.15) is 10.4 Å². The second kappa shape index (κ2) is 4.62. The smallest absolute Gasteiger partial charge is 0.269 e. The summed E-state index contributed by atoms with van der Waals surface area (Å²) in [7, 11) is 0. The predicted octanol–water partition coefficient (Wildman–Crippen LogP) is 0.886. The third-order valence-electron chi connectivity index (χ3n) is 4.00. The third kappa shape index (κ3) is 2.19. The van der Waals surface area contributed by atoms with Crippen LogP contribution < -0.4 is 5.32 Å². The molecule has 1 aromatic rings. The number of hydrogen-bond acceptors (Lipinski definition) is 4. The number of likely N-dealkylation sites (tertiary alicyclic amines) is 1. The zero-order valence-corrected chi connectivity index (χ0v) is 10.4. The number of amides is 1. The van der Waals surface area contributed by atoms with E-state index in [0.717, 1.165) is 26.2 Å². The molecule has 1 amide bonds. The number of hydrogen-bond donors (Lipinski definition) is 1. The fraction of sp³-hybridized carbons (Fsp3) is 0.462. The van der Waals surface area contributed by atoms with E-state index in [-0.39, 0.29) is 11.6 Å². The largest absolute Gasteiger partial charge is 0.338 e. The van der Waals surface area contributed by atoms with Crippen LogP contribution in [0.15, 0.2) is 24.3 Å². The first-order chi connectivity index (χ1) is 9.15. The van der Waals surface area contributed by atoms with Crippen molar-refractivity contribution in [2.45, 2.75) is 0 Å². The summed E-state index contributed by atoms with van der Waals surface area (Å²) in [5.41, 5.74) is 0.539. The van der Waals surface area contributed by atoms with E-state index in [1.807, 2.05) is 4.90 Å². The molecule has 0 radical (unpaired) electrons. The van der Waals surface area contributed by atoms with E-state index in [4.69, 9.17) is 0 Å². The fourth-order valence-corrected chi connectivity index (χ4v) is 2.93. The molecule has 0 aliphatic carbocycles. The van der Waals surface area contributed by atoms with Crippen LogP contribution in [0.3, 0.4) is 0 Å². The van der Waals surface area contributed by atoms with Crippen LogP contribution in [0.25, 0.3) is 0 Å². The zero-order chi connectivity index (χ0) is 13.4. The van der Waals surface area contributed by atoms with Gasteiger partial charge in [0.2, 0.25) is 0 Å². The number of nitro groups is 1. The molecule has 0 aromatic heterocycles. The van der Waals surface area contributed by atoms with Crippen LogP contribution in [0.5, 0.6) is 0 Å². The molecule has 0 saturated carbocycles. The van der Waals surface area contributed by atoms with Crippen LogP contribution >= 0.6 is 0 Å². The van der Waals surface area contributed by atoms with E-state index in [9.17, 15) is 14.9 Å². The Morgan fingerprint density at radius 3 is 2.32 bits per heavy atom. The minimum absolute atomic E-state index is 0.0130. The minimum atomic E-state index is -0.458. The van der Waals surface area contributed by atoms with E-state index < -0.39 is 4.92 Å². The maximum atomic E-state index is 12.3. The molecular weight excluding hydrogens is 246 g/mol. The van der Waals surface area contributed by atoms with Crippen molar-refractivity contribution in [3.8, 4) is 0 Å². The average Bonchev–Trinajstić information content (AvgIpc) is 2.98. The van der Waals surface area contributed by atoms with E-state index >= 15 is 0 Å². The monoisotopic (exact) mass is 261 g/mol. The van der Waals surface area contributed by atoms with Crippen molar-refractivity contribution in [1.82, 2.24) is 10.2 Å². The second-order valence-corrected chi connectivity index (χ2v) is 5.19. The Labute approximate surface area is 110 Å². The maximum Gasteiger partial charge on any atom is 0.269 e. The van der Waals surface area contributed by atoms with Gasteiger partial charge in [0.05, 0.1) is 4.92 Å². The molecular formula is C13H15N3O3. The van der Waals surface area contributed by atoms with Crippen molar-refractivity contribution in [3.63, 3.8) is 0 Å². The Hall–Kier alpha value is -1.95. The average molecular weight is 261 g/mol. The van der Waals surface area contributed by atoms with Crippen molar-refractivity contribution in [2.24, 2.45) is 11.8 Å². The molecule has 2 aliphatic rings. The molecule has 1 aromatic carbocycles. The maximum absolute atomic E-state index is 12.3. The summed E-state index contributed by atoms with van der Waals surface area (Å²) in [6.45, 7) is 3.53. The molecule has 3 rings (SSSR count). The lowest BCUT2D eigenvalue weighted by molar-refractivity contribution is -0.384. The molecule has 0 unspecified atom stereocenters. The molecule has 6 nitrogen and oxygen atoms in total. The number of nitro benzene ring substituents is 1. The highest BCUT2D eigenvalue weighted by molar-refractivity contribution is 5.94. The van der Waals surface area contributed by atoms with Crippen molar-refractivity contribution in [2.75, 3.05) is 26.2 Å². The molecule has 2 atom stereocenters. The van der Waals surface area contributed by atoms with Gasteiger partial charge in [-0.15, -0.1) is 0 Å². The Balaban J connectivity index is 1.72. The molecule has 6 heteroatoms. The summed E-state index contributed by atoms with van der Waals surface area (Å²) in [5.74, 6) is 1.09. The SMILES string of the molecule is O=C(c1ccc([N+](=O)[O-])cc1)N1C[C@H]2CNC[C@H]2C1. The lowest BCUT2D eigenvalue weighted by Crippen LogP contribution is -2.31. The quantitative estimate of drug-likeness (QED) is 0.633. The summed E-state index contributed by atoms with van der Waals surface area (Å²) in [5, 5.41) is 13.9. The Morgan fingerprint density at radius 1 is 1.21 bits per heavy atom. The molecule has 2 saturated heterocycles. The van der Waals surface area contributed by atoms with Gasteiger partial charge in [0.15, 0.2) is 0 Å². The zero-order valence-electron chi connectivity index (χ0n) is 10.4. The summed E-state index contributed by atoms with van der Waals surface area (Å²) in [6.07, 6.45) is 0. The molecule has 1 N–H and O–H groups in total. The van der Waals surface area contributed by atoms with E-state index in [0.29, 0.717) is 17.4 Å². The van der Waals surface area contributed by atoms with E-state index in [1.54, 1.807) is 0 Å². The van der Waals surface area contributed by atoms with Gasteiger partial charge in [-0.2, -0.15) is 0 Å². The van der Waals surface area contributed by atoms with Gasteiger partial charge in [-0.1, -0.05) is 0 Å². The van der Waals surface area contributed by atoms with Crippen LogP contribution in [0, 0.1) is 22.0 Å². The molecule has 19 heavy (non-hydrogen) atoms. The molecule has 0 spiro atoms. The number of benzene rings is 1. The van der Waals surface area contributed by atoms with E-state index in [1.165, 1.54) is 24.3 Å². The van der Waals surface area contributed by atoms with Gasteiger partial charge >= 0.3 is 0 Å².